The van der Waals surface area contributed by atoms with Crippen LogP contribution in [0.2, 0.25) is 0 Å². The summed E-state index contributed by atoms with van der Waals surface area (Å²) in [4.78, 5) is 38.2. The van der Waals surface area contributed by atoms with Gasteiger partial charge in [-0.15, -0.1) is 0 Å². The van der Waals surface area contributed by atoms with E-state index in [-0.39, 0.29) is 12.8 Å². The smallest absolute Gasteiger partial charge is 0.306 e. The normalized spacial score (nSPS) is 22.2. The first-order valence-electron chi connectivity index (χ1n) is 18.6. The Morgan fingerprint density at radius 2 is 1.04 bits per heavy atom. The fraction of sp³-hybridized carbons (Fsp3) is 0.917. The van der Waals surface area contributed by atoms with E-state index in [2.05, 4.69) is 13.8 Å². The van der Waals surface area contributed by atoms with Gasteiger partial charge in [0.15, 0.2) is 24.6 Å². The summed E-state index contributed by atoms with van der Waals surface area (Å²) in [5.41, 5.74) is 0. The highest BCUT2D eigenvalue weighted by Crippen LogP contribution is 2.30. The second kappa shape index (κ2) is 27.9. The molecule has 0 bridgehead atoms. The molecule has 1 aliphatic rings. The van der Waals surface area contributed by atoms with Crippen molar-refractivity contribution in [2.24, 2.45) is 0 Å². The third-order valence-electron chi connectivity index (χ3n) is 8.64. The molecule has 0 aliphatic carbocycles. The molecule has 7 atom stereocenters. The number of rotatable bonds is 29. The minimum atomic E-state index is -1.51. The lowest BCUT2D eigenvalue weighted by molar-refractivity contribution is -0.312. The summed E-state index contributed by atoms with van der Waals surface area (Å²) < 4.78 is 28.5. The SMILES string of the molecule is CCCCCCCCCCCC(=O)O[C@@H]1[C@H](OC(=O)CCCCCCCCCCC)[C@H](OC[C@@H](O)[C@H](O)CO)O[C@H](CO)[C@H]1OC(C)=O. The van der Waals surface area contributed by atoms with Crippen molar-refractivity contribution in [1.82, 2.24) is 0 Å². The molecule has 48 heavy (non-hydrogen) atoms. The van der Waals surface area contributed by atoms with Crippen molar-refractivity contribution in [1.29, 1.82) is 0 Å². The van der Waals surface area contributed by atoms with Gasteiger partial charge in [0.05, 0.1) is 19.8 Å². The molecule has 1 rings (SSSR count). The summed E-state index contributed by atoms with van der Waals surface area (Å²) in [7, 11) is 0. The van der Waals surface area contributed by atoms with Gasteiger partial charge in [0.25, 0.3) is 0 Å². The van der Waals surface area contributed by atoms with Crippen molar-refractivity contribution < 1.29 is 58.5 Å². The quantitative estimate of drug-likeness (QED) is 0.0468. The van der Waals surface area contributed by atoms with Crippen LogP contribution < -0.4 is 0 Å². The van der Waals surface area contributed by atoms with E-state index in [0.717, 1.165) is 58.3 Å². The van der Waals surface area contributed by atoms with Crippen molar-refractivity contribution in [2.45, 2.75) is 192 Å². The summed E-state index contributed by atoms with van der Waals surface area (Å²) in [6, 6.07) is 0. The number of esters is 3. The van der Waals surface area contributed by atoms with Crippen molar-refractivity contribution in [3.05, 3.63) is 0 Å². The largest absolute Gasteiger partial charge is 0.456 e. The number of aliphatic hydroxyl groups is 4. The monoisotopic (exact) mass is 690 g/mol. The van der Waals surface area contributed by atoms with E-state index in [0.29, 0.717) is 12.8 Å². The van der Waals surface area contributed by atoms with E-state index >= 15 is 0 Å². The summed E-state index contributed by atoms with van der Waals surface area (Å²) in [6.45, 7) is 3.63. The lowest BCUT2D eigenvalue weighted by Crippen LogP contribution is -2.63. The van der Waals surface area contributed by atoms with Gasteiger partial charge in [0, 0.05) is 19.8 Å². The van der Waals surface area contributed by atoms with Crippen molar-refractivity contribution >= 4 is 17.9 Å². The van der Waals surface area contributed by atoms with Crippen LogP contribution in [0.4, 0.5) is 0 Å². The second-order valence-electron chi connectivity index (χ2n) is 13.0. The molecule has 12 nitrogen and oxygen atoms in total. The summed E-state index contributed by atoms with van der Waals surface area (Å²) >= 11 is 0. The second-order valence-corrected chi connectivity index (χ2v) is 13.0. The number of ether oxygens (including phenoxy) is 5. The maximum absolute atomic E-state index is 13.1. The van der Waals surface area contributed by atoms with E-state index in [1.54, 1.807) is 0 Å². The summed E-state index contributed by atoms with van der Waals surface area (Å²) in [6.07, 6.45) is 9.57. The summed E-state index contributed by atoms with van der Waals surface area (Å²) in [5, 5.41) is 39.3. The van der Waals surface area contributed by atoms with Gasteiger partial charge in [-0.2, -0.15) is 0 Å². The van der Waals surface area contributed by atoms with Gasteiger partial charge in [-0.3, -0.25) is 14.4 Å². The first-order valence-corrected chi connectivity index (χ1v) is 18.6. The number of unbranched alkanes of at least 4 members (excludes halogenated alkanes) is 16. The highest BCUT2D eigenvalue weighted by atomic mass is 16.7. The van der Waals surface area contributed by atoms with Gasteiger partial charge in [0.2, 0.25) is 0 Å². The molecule has 0 saturated carbocycles. The van der Waals surface area contributed by atoms with Crippen LogP contribution >= 0.6 is 0 Å². The van der Waals surface area contributed by atoms with E-state index < -0.39 is 80.6 Å². The zero-order chi connectivity index (χ0) is 35.6. The molecule has 0 aromatic heterocycles. The molecule has 0 aromatic rings. The molecule has 0 aromatic carbocycles. The maximum atomic E-state index is 13.1. The average Bonchev–Trinajstić information content (AvgIpc) is 3.06. The highest BCUT2D eigenvalue weighted by molar-refractivity contribution is 5.71. The number of aliphatic hydroxyl groups excluding tert-OH is 4. The minimum Gasteiger partial charge on any atom is -0.456 e. The Hall–Kier alpha value is -1.83. The van der Waals surface area contributed by atoms with Crippen LogP contribution in [-0.4, -0.2) is 101 Å². The van der Waals surface area contributed by atoms with Crippen LogP contribution in [0.15, 0.2) is 0 Å². The Morgan fingerprint density at radius 3 is 1.46 bits per heavy atom. The average molecular weight is 691 g/mol. The fourth-order valence-electron chi connectivity index (χ4n) is 5.76. The molecule has 1 fully saturated rings. The number of carbonyl (C=O) groups excluding carboxylic acids is 3. The Morgan fingerprint density at radius 1 is 0.604 bits per heavy atom. The Kier molecular flexibility index (Phi) is 25.7. The topological polar surface area (TPSA) is 178 Å². The first kappa shape index (κ1) is 44.2. The molecule has 0 unspecified atom stereocenters. The minimum absolute atomic E-state index is 0.0890. The molecule has 1 saturated heterocycles. The van der Waals surface area contributed by atoms with Crippen LogP contribution in [0.1, 0.15) is 149 Å². The predicted molar refractivity (Wildman–Crippen MR) is 180 cm³/mol. The number of carbonyl (C=O) groups is 3. The van der Waals surface area contributed by atoms with Crippen LogP contribution in [0.25, 0.3) is 0 Å². The van der Waals surface area contributed by atoms with Gasteiger partial charge in [-0.1, -0.05) is 117 Å². The molecule has 0 spiro atoms. The lowest BCUT2D eigenvalue weighted by atomic mass is 9.98. The third kappa shape index (κ3) is 19.4. The van der Waals surface area contributed by atoms with Gasteiger partial charge >= 0.3 is 17.9 Å². The molecule has 282 valence electrons. The zero-order valence-electron chi connectivity index (χ0n) is 29.9. The summed E-state index contributed by atoms with van der Waals surface area (Å²) in [5.74, 6) is -1.91. The van der Waals surface area contributed by atoms with E-state index in [9.17, 15) is 34.8 Å². The maximum Gasteiger partial charge on any atom is 0.306 e. The Labute approximate surface area is 288 Å². The molecule has 1 heterocycles. The van der Waals surface area contributed by atoms with Gasteiger partial charge in [-0.05, 0) is 12.8 Å². The molecule has 0 amide bonds. The highest BCUT2D eigenvalue weighted by Gasteiger charge is 2.52. The Balaban J connectivity index is 2.95. The molecule has 4 N–H and O–H groups in total. The van der Waals surface area contributed by atoms with Crippen molar-refractivity contribution in [2.75, 3.05) is 19.8 Å². The van der Waals surface area contributed by atoms with E-state index in [1.807, 2.05) is 0 Å². The molecular formula is C36H66O12. The van der Waals surface area contributed by atoms with E-state index in [4.69, 9.17) is 23.7 Å². The van der Waals surface area contributed by atoms with Crippen LogP contribution in [0.3, 0.4) is 0 Å². The molecular weight excluding hydrogens is 624 g/mol. The van der Waals surface area contributed by atoms with Gasteiger partial charge in [0.1, 0.15) is 18.3 Å². The third-order valence-corrected chi connectivity index (χ3v) is 8.64. The van der Waals surface area contributed by atoms with Crippen LogP contribution in [0, 0.1) is 0 Å². The molecule has 0 radical (unpaired) electrons. The van der Waals surface area contributed by atoms with Crippen molar-refractivity contribution in [3.8, 4) is 0 Å². The van der Waals surface area contributed by atoms with Crippen LogP contribution in [-0.2, 0) is 38.1 Å². The molecule has 12 heteroatoms. The van der Waals surface area contributed by atoms with Gasteiger partial charge < -0.3 is 44.1 Å². The predicted octanol–water partition coefficient (Wildman–Crippen LogP) is 5.03. The zero-order valence-corrected chi connectivity index (χ0v) is 29.9. The lowest BCUT2D eigenvalue weighted by Gasteiger charge is -2.44. The van der Waals surface area contributed by atoms with Crippen molar-refractivity contribution in [3.63, 3.8) is 0 Å². The Bertz CT molecular complexity index is 840. The standard InChI is InChI=1S/C36H66O12/c1-4-6-8-10-12-14-16-18-20-22-31(42)47-34-33(45-27(3)39)30(25-38)46-36(44-26-29(41)28(40)24-37)35(34)48-32(43)23-21-19-17-15-13-11-9-7-5-2/h28-30,33-38,40-41H,4-26H2,1-3H3/t28-,29-,30-,33-,34+,35+,36-/m1/s1. The van der Waals surface area contributed by atoms with E-state index in [1.165, 1.54) is 51.4 Å². The first-order chi connectivity index (χ1) is 23.2. The van der Waals surface area contributed by atoms with Crippen LogP contribution in [0.5, 0.6) is 0 Å². The molecule has 1 aliphatic heterocycles. The number of hydrogen-bond donors (Lipinski definition) is 4. The van der Waals surface area contributed by atoms with Gasteiger partial charge in [-0.25, -0.2) is 0 Å². The fourth-order valence-corrected chi connectivity index (χ4v) is 5.76. The number of hydrogen-bond acceptors (Lipinski definition) is 12.